The Morgan fingerprint density at radius 2 is 1.92 bits per heavy atom. The number of piperidine rings is 1. The lowest BCUT2D eigenvalue weighted by molar-refractivity contribution is 0.364. The van der Waals surface area contributed by atoms with Crippen molar-refractivity contribution in [2.45, 2.75) is 38.0 Å². The summed E-state index contributed by atoms with van der Waals surface area (Å²) < 4.78 is 5.58. The fourth-order valence-corrected chi connectivity index (χ4v) is 4.40. The Hall–Kier alpha value is -1.59. The Morgan fingerprint density at radius 1 is 1.12 bits per heavy atom. The maximum atomic E-state index is 5.58. The SMILES string of the molecule is Cl.c1cc(N2CCCCC2)ccc1-c1noc(C2CC23CCNC3)n1. The summed E-state index contributed by atoms with van der Waals surface area (Å²) in [5, 5.41) is 7.68. The van der Waals surface area contributed by atoms with Gasteiger partial charge in [-0.25, -0.2) is 0 Å². The van der Waals surface area contributed by atoms with Crippen molar-refractivity contribution in [2.75, 3.05) is 31.1 Å². The predicted molar refractivity (Wildman–Crippen MR) is 100 cm³/mol. The van der Waals surface area contributed by atoms with Crippen molar-refractivity contribution < 1.29 is 4.52 Å². The van der Waals surface area contributed by atoms with Gasteiger partial charge in [0.1, 0.15) is 0 Å². The first kappa shape index (κ1) is 16.9. The van der Waals surface area contributed by atoms with Crippen LogP contribution in [-0.4, -0.2) is 36.3 Å². The summed E-state index contributed by atoms with van der Waals surface area (Å²) in [6, 6.07) is 8.63. The van der Waals surface area contributed by atoms with Gasteiger partial charge in [-0.15, -0.1) is 12.4 Å². The number of halogens is 1. The zero-order valence-corrected chi connectivity index (χ0v) is 15.2. The van der Waals surface area contributed by atoms with Crippen LogP contribution < -0.4 is 10.2 Å². The number of benzene rings is 1. The number of hydrogen-bond acceptors (Lipinski definition) is 5. The van der Waals surface area contributed by atoms with Crippen molar-refractivity contribution in [2.24, 2.45) is 5.41 Å². The molecule has 1 aromatic carbocycles. The number of nitrogens with zero attached hydrogens (tertiary/aromatic N) is 3. The highest BCUT2D eigenvalue weighted by atomic mass is 35.5. The summed E-state index contributed by atoms with van der Waals surface area (Å²) in [6.07, 6.45) is 6.38. The quantitative estimate of drug-likeness (QED) is 0.906. The highest BCUT2D eigenvalue weighted by Gasteiger charge is 2.58. The molecule has 2 atom stereocenters. The average Bonchev–Trinajstić information content (AvgIpc) is 3.00. The summed E-state index contributed by atoms with van der Waals surface area (Å²) in [5.41, 5.74) is 2.76. The van der Waals surface area contributed by atoms with Crippen LogP contribution in [0.4, 0.5) is 5.69 Å². The van der Waals surface area contributed by atoms with E-state index in [1.165, 1.54) is 50.9 Å². The van der Waals surface area contributed by atoms with Crippen LogP contribution in [-0.2, 0) is 0 Å². The second-order valence-electron chi connectivity index (χ2n) is 7.60. The summed E-state index contributed by atoms with van der Waals surface area (Å²) in [5.74, 6) is 2.01. The van der Waals surface area contributed by atoms with Gasteiger partial charge in [-0.3, -0.25) is 0 Å². The molecular formula is C19H25ClN4O. The van der Waals surface area contributed by atoms with E-state index in [0.29, 0.717) is 11.3 Å². The van der Waals surface area contributed by atoms with Crippen molar-refractivity contribution in [3.8, 4) is 11.4 Å². The van der Waals surface area contributed by atoms with Crippen LogP contribution in [0.2, 0.25) is 0 Å². The molecule has 0 radical (unpaired) electrons. The van der Waals surface area contributed by atoms with Crippen molar-refractivity contribution in [3.63, 3.8) is 0 Å². The summed E-state index contributed by atoms with van der Waals surface area (Å²) in [4.78, 5) is 7.15. The molecule has 6 heteroatoms. The highest BCUT2D eigenvalue weighted by molar-refractivity contribution is 5.85. The largest absolute Gasteiger partial charge is 0.372 e. The molecule has 134 valence electrons. The molecule has 1 aromatic heterocycles. The lowest BCUT2D eigenvalue weighted by atomic mass is 10.0. The molecule has 5 nitrogen and oxygen atoms in total. The van der Waals surface area contributed by atoms with Crippen LogP contribution in [0, 0.1) is 5.41 Å². The Labute approximate surface area is 154 Å². The third-order valence-electron chi connectivity index (χ3n) is 6.05. The maximum Gasteiger partial charge on any atom is 0.230 e. The number of nitrogens with one attached hydrogen (secondary N) is 1. The molecule has 2 aliphatic heterocycles. The molecule has 1 spiro atoms. The number of hydrogen-bond donors (Lipinski definition) is 1. The van der Waals surface area contributed by atoms with Gasteiger partial charge in [-0.1, -0.05) is 5.16 Å². The van der Waals surface area contributed by atoms with Gasteiger partial charge in [-0.05, 0) is 68.3 Å². The van der Waals surface area contributed by atoms with Crippen LogP contribution in [0.25, 0.3) is 11.4 Å². The van der Waals surface area contributed by atoms with Crippen molar-refractivity contribution >= 4 is 18.1 Å². The highest BCUT2D eigenvalue weighted by Crippen LogP contribution is 2.62. The van der Waals surface area contributed by atoms with E-state index >= 15 is 0 Å². The monoisotopic (exact) mass is 360 g/mol. The first-order chi connectivity index (χ1) is 11.8. The van der Waals surface area contributed by atoms with Crippen molar-refractivity contribution in [3.05, 3.63) is 30.2 Å². The number of anilines is 1. The van der Waals surface area contributed by atoms with Crippen LogP contribution in [0.5, 0.6) is 0 Å². The first-order valence-electron chi connectivity index (χ1n) is 9.24. The molecule has 2 aromatic rings. The molecular weight excluding hydrogens is 336 g/mol. The summed E-state index contributed by atoms with van der Waals surface area (Å²) >= 11 is 0. The van der Waals surface area contributed by atoms with E-state index < -0.39 is 0 Å². The molecule has 3 heterocycles. The van der Waals surface area contributed by atoms with E-state index in [1.54, 1.807) is 0 Å². The topological polar surface area (TPSA) is 54.2 Å². The summed E-state index contributed by atoms with van der Waals surface area (Å²) in [7, 11) is 0. The standard InChI is InChI=1S/C19H24N4O.ClH/c1-2-10-23(11-3-1)15-6-4-14(5-7-15)17-21-18(24-22-17)16-12-19(16)8-9-20-13-19;/h4-7,16,20H,1-3,8-13H2;1H. The second kappa shape index (κ2) is 6.61. The van der Waals surface area contributed by atoms with E-state index in [-0.39, 0.29) is 12.4 Å². The lowest BCUT2D eigenvalue weighted by Crippen LogP contribution is -2.29. The van der Waals surface area contributed by atoms with E-state index in [2.05, 4.69) is 44.6 Å². The molecule has 2 unspecified atom stereocenters. The van der Waals surface area contributed by atoms with Crippen LogP contribution in [0.3, 0.4) is 0 Å². The smallest absolute Gasteiger partial charge is 0.230 e. The number of rotatable bonds is 3. The average molecular weight is 361 g/mol. The minimum atomic E-state index is 0. The second-order valence-corrected chi connectivity index (χ2v) is 7.60. The molecule has 1 aliphatic carbocycles. The fraction of sp³-hybridized carbons (Fsp3) is 0.579. The van der Waals surface area contributed by atoms with Gasteiger partial charge in [0, 0.05) is 36.8 Å². The van der Waals surface area contributed by atoms with Gasteiger partial charge in [0.25, 0.3) is 0 Å². The van der Waals surface area contributed by atoms with E-state index in [9.17, 15) is 0 Å². The minimum Gasteiger partial charge on any atom is -0.372 e. The van der Waals surface area contributed by atoms with Gasteiger partial charge in [-0.2, -0.15) is 4.98 Å². The lowest BCUT2D eigenvalue weighted by Gasteiger charge is -2.28. The van der Waals surface area contributed by atoms with Crippen molar-refractivity contribution in [1.29, 1.82) is 0 Å². The van der Waals surface area contributed by atoms with Crippen LogP contribution in [0.15, 0.2) is 28.8 Å². The maximum absolute atomic E-state index is 5.58. The zero-order valence-electron chi connectivity index (χ0n) is 14.4. The van der Waals surface area contributed by atoms with Gasteiger partial charge >= 0.3 is 0 Å². The Bertz CT molecular complexity index is 717. The normalized spacial score (nSPS) is 28.2. The molecule has 1 N–H and O–H groups in total. The number of aromatic nitrogens is 2. The van der Waals surface area contributed by atoms with Gasteiger partial charge in [0.15, 0.2) is 0 Å². The fourth-order valence-electron chi connectivity index (χ4n) is 4.40. The van der Waals surface area contributed by atoms with E-state index in [1.807, 2.05) is 0 Å². The molecule has 0 amide bonds. The zero-order chi connectivity index (χ0) is 16.0. The van der Waals surface area contributed by atoms with Gasteiger partial charge in [0.05, 0.1) is 0 Å². The summed E-state index contributed by atoms with van der Waals surface area (Å²) in [6.45, 7) is 4.56. The predicted octanol–water partition coefficient (Wildman–Crippen LogP) is 3.62. The Morgan fingerprint density at radius 3 is 2.64 bits per heavy atom. The Balaban J connectivity index is 0.00000157. The molecule has 0 bridgehead atoms. The minimum absolute atomic E-state index is 0. The molecule has 1 saturated carbocycles. The van der Waals surface area contributed by atoms with Crippen molar-refractivity contribution in [1.82, 2.24) is 15.5 Å². The van der Waals surface area contributed by atoms with Gasteiger partial charge < -0.3 is 14.7 Å². The Kier molecular flexibility index (Phi) is 4.46. The third-order valence-corrected chi connectivity index (χ3v) is 6.05. The van der Waals surface area contributed by atoms with Crippen LogP contribution in [0.1, 0.15) is 43.9 Å². The molecule has 3 fully saturated rings. The van der Waals surface area contributed by atoms with E-state index in [4.69, 9.17) is 4.52 Å². The molecule has 5 rings (SSSR count). The first-order valence-corrected chi connectivity index (χ1v) is 9.24. The molecule has 3 aliphatic rings. The van der Waals surface area contributed by atoms with E-state index in [0.717, 1.165) is 30.4 Å². The third kappa shape index (κ3) is 3.04. The molecule has 25 heavy (non-hydrogen) atoms. The molecule has 2 saturated heterocycles. The van der Waals surface area contributed by atoms with Crippen LogP contribution >= 0.6 is 12.4 Å². The van der Waals surface area contributed by atoms with Gasteiger partial charge in [0.2, 0.25) is 11.7 Å².